The first kappa shape index (κ1) is 18.9. The predicted molar refractivity (Wildman–Crippen MR) is 101 cm³/mol. The van der Waals surface area contributed by atoms with Crippen LogP contribution >= 0.6 is 11.6 Å². The van der Waals surface area contributed by atoms with E-state index in [0.717, 1.165) is 44.7 Å². The number of halogens is 1. The Morgan fingerprint density at radius 2 is 2.23 bits per heavy atom. The number of imidazole rings is 1. The van der Waals surface area contributed by atoms with Gasteiger partial charge in [-0.05, 0) is 39.9 Å². The summed E-state index contributed by atoms with van der Waals surface area (Å²) in [6, 6.07) is 0. The molecule has 2 aromatic rings. The molecule has 0 unspecified atom stereocenters. The minimum absolute atomic E-state index is 0.0505. The molecular weight excluding hydrogens is 352 g/mol. The van der Waals surface area contributed by atoms with Crippen LogP contribution in [0.1, 0.15) is 41.5 Å². The number of piperidine rings is 1. The van der Waals surface area contributed by atoms with Crippen molar-refractivity contribution >= 4 is 17.5 Å². The van der Waals surface area contributed by atoms with Gasteiger partial charge in [-0.3, -0.25) is 9.48 Å². The van der Waals surface area contributed by atoms with E-state index in [2.05, 4.69) is 33.6 Å². The normalized spacial score (nSPS) is 17.9. The van der Waals surface area contributed by atoms with Gasteiger partial charge in [0.1, 0.15) is 11.5 Å². The molecule has 3 heterocycles. The Morgan fingerprint density at radius 1 is 1.42 bits per heavy atom. The second kappa shape index (κ2) is 8.22. The van der Waals surface area contributed by atoms with Gasteiger partial charge in [-0.25, -0.2) is 4.98 Å². The van der Waals surface area contributed by atoms with Gasteiger partial charge in [-0.15, -0.1) is 0 Å². The van der Waals surface area contributed by atoms with Crippen LogP contribution in [-0.2, 0) is 13.6 Å². The molecule has 1 amide bonds. The molecule has 0 radical (unpaired) electrons. The molecule has 0 aliphatic carbocycles. The van der Waals surface area contributed by atoms with Gasteiger partial charge < -0.3 is 14.4 Å². The van der Waals surface area contributed by atoms with Gasteiger partial charge in [0.05, 0.1) is 11.2 Å². The highest BCUT2D eigenvalue weighted by Gasteiger charge is 2.30. The average Bonchev–Trinajstić information content (AvgIpc) is 3.21. The lowest BCUT2D eigenvalue weighted by molar-refractivity contribution is 0.0692. The van der Waals surface area contributed by atoms with Crippen LogP contribution in [0, 0.1) is 0 Å². The van der Waals surface area contributed by atoms with E-state index in [9.17, 15) is 4.79 Å². The van der Waals surface area contributed by atoms with Gasteiger partial charge in [0.15, 0.2) is 0 Å². The summed E-state index contributed by atoms with van der Waals surface area (Å²) in [5.74, 6) is 1.29. The monoisotopic (exact) mass is 378 g/mol. The SMILES string of the molecule is CN(C)CCCn1ccnc1[C@H]1CCCN(C(=O)c2c(Cl)cnn2C)C1. The third kappa shape index (κ3) is 4.10. The maximum atomic E-state index is 12.9. The van der Waals surface area contributed by atoms with Gasteiger partial charge in [0, 0.05) is 45.0 Å². The van der Waals surface area contributed by atoms with Crippen molar-refractivity contribution in [3.63, 3.8) is 0 Å². The zero-order valence-corrected chi connectivity index (χ0v) is 16.5. The van der Waals surface area contributed by atoms with Crippen LogP contribution in [0.3, 0.4) is 0 Å². The third-order valence-corrected chi connectivity index (χ3v) is 5.20. The fraction of sp³-hybridized carbons (Fsp3) is 0.611. The predicted octanol–water partition coefficient (Wildman–Crippen LogP) is 2.24. The Labute approximate surface area is 159 Å². The number of carbonyl (C=O) groups excluding carboxylic acids is 1. The number of aryl methyl sites for hydroxylation is 2. The molecule has 1 aliphatic rings. The zero-order valence-electron chi connectivity index (χ0n) is 15.7. The van der Waals surface area contributed by atoms with Crippen LogP contribution in [0.5, 0.6) is 0 Å². The van der Waals surface area contributed by atoms with Crippen molar-refractivity contribution in [3.05, 3.63) is 35.1 Å². The first-order valence-electron chi connectivity index (χ1n) is 9.10. The molecule has 0 aromatic carbocycles. The van der Waals surface area contributed by atoms with Gasteiger partial charge in [0.25, 0.3) is 5.91 Å². The van der Waals surface area contributed by atoms with E-state index in [-0.39, 0.29) is 11.8 Å². The summed E-state index contributed by atoms with van der Waals surface area (Å²) in [5.41, 5.74) is 0.460. The maximum absolute atomic E-state index is 12.9. The van der Waals surface area contributed by atoms with Gasteiger partial charge in [-0.2, -0.15) is 5.10 Å². The first-order chi connectivity index (χ1) is 12.5. The fourth-order valence-electron chi connectivity index (χ4n) is 3.60. The highest BCUT2D eigenvalue weighted by molar-refractivity contribution is 6.33. The van der Waals surface area contributed by atoms with Crippen molar-refractivity contribution < 1.29 is 4.79 Å². The number of carbonyl (C=O) groups is 1. The van der Waals surface area contributed by atoms with Gasteiger partial charge in [0.2, 0.25) is 0 Å². The molecule has 0 N–H and O–H groups in total. The van der Waals surface area contributed by atoms with Crippen LogP contribution in [0.25, 0.3) is 0 Å². The van der Waals surface area contributed by atoms with E-state index in [1.807, 2.05) is 17.3 Å². The zero-order chi connectivity index (χ0) is 18.7. The average molecular weight is 379 g/mol. The number of rotatable bonds is 6. The van der Waals surface area contributed by atoms with Gasteiger partial charge >= 0.3 is 0 Å². The third-order valence-electron chi connectivity index (χ3n) is 4.92. The molecular formula is C18H27ClN6O. The van der Waals surface area contributed by atoms with E-state index in [1.54, 1.807) is 11.7 Å². The maximum Gasteiger partial charge on any atom is 0.273 e. The summed E-state index contributed by atoms with van der Waals surface area (Å²) in [5, 5.41) is 4.49. The lowest BCUT2D eigenvalue weighted by atomic mass is 9.96. The number of hydrogen-bond donors (Lipinski definition) is 0. The fourth-order valence-corrected chi connectivity index (χ4v) is 3.85. The number of likely N-dealkylation sites (tertiary alicyclic amines) is 1. The van der Waals surface area contributed by atoms with Crippen molar-refractivity contribution in [2.45, 2.75) is 31.7 Å². The van der Waals surface area contributed by atoms with E-state index in [4.69, 9.17) is 11.6 Å². The standard InChI is InChI=1S/C18H27ClN6O/c1-22(2)8-5-10-24-11-7-20-17(24)14-6-4-9-25(13-14)18(26)16-15(19)12-21-23(16)3/h7,11-12,14H,4-6,8-10,13H2,1-3H3/t14-/m0/s1. The summed E-state index contributed by atoms with van der Waals surface area (Å²) in [6.45, 7) is 3.42. The second-order valence-corrected chi connectivity index (χ2v) is 7.60. The minimum Gasteiger partial charge on any atom is -0.337 e. The quantitative estimate of drug-likeness (QED) is 0.773. The molecule has 7 nitrogen and oxygen atoms in total. The lowest BCUT2D eigenvalue weighted by Crippen LogP contribution is -2.40. The molecule has 1 atom stereocenters. The Hall–Kier alpha value is -1.86. The van der Waals surface area contributed by atoms with Crippen molar-refractivity contribution in [3.8, 4) is 0 Å². The van der Waals surface area contributed by atoms with Crippen LogP contribution in [0.2, 0.25) is 5.02 Å². The molecule has 26 heavy (non-hydrogen) atoms. The topological polar surface area (TPSA) is 59.2 Å². The van der Waals surface area contributed by atoms with E-state index in [1.165, 1.54) is 6.20 Å². The van der Waals surface area contributed by atoms with Crippen LogP contribution in [-0.4, -0.2) is 68.8 Å². The van der Waals surface area contributed by atoms with Crippen molar-refractivity contribution in [1.82, 2.24) is 29.1 Å². The molecule has 0 bridgehead atoms. The van der Waals surface area contributed by atoms with Crippen LogP contribution in [0.4, 0.5) is 0 Å². The Balaban J connectivity index is 1.69. The number of hydrogen-bond acceptors (Lipinski definition) is 4. The molecule has 0 saturated carbocycles. The number of nitrogens with zero attached hydrogens (tertiary/aromatic N) is 6. The summed E-state index contributed by atoms with van der Waals surface area (Å²) in [7, 11) is 5.92. The highest BCUT2D eigenvalue weighted by atomic mass is 35.5. The summed E-state index contributed by atoms with van der Waals surface area (Å²) >= 11 is 6.15. The Morgan fingerprint density at radius 3 is 2.92 bits per heavy atom. The molecule has 1 fully saturated rings. The molecule has 1 aliphatic heterocycles. The smallest absolute Gasteiger partial charge is 0.273 e. The minimum atomic E-state index is -0.0505. The Kier molecular flexibility index (Phi) is 5.98. The van der Waals surface area contributed by atoms with E-state index < -0.39 is 0 Å². The highest BCUT2D eigenvalue weighted by Crippen LogP contribution is 2.28. The largest absolute Gasteiger partial charge is 0.337 e. The van der Waals surface area contributed by atoms with E-state index in [0.29, 0.717) is 17.3 Å². The number of aromatic nitrogens is 4. The summed E-state index contributed by atoms with van der Waals surface area (Å²) < 4.78 is 3.79. The van der Waals surface area contributed by atoms with Crippen molar-refractivity contribution in [2.75, 3.05) is 33.7 Å². The molecule has 1 saturated heterocycles. The lowest BCUT2D eigenvalue weighted by Gasteiger charge is -2.32. The van der Waals surface area contributed by atoms with Crippen LogP contribution < -0.4 is 0 Å². The number of amides is 1. The molecule has 2 aromatic heterocycles. The summed E-state index contributed by atoms with van der Waals surface area (Å²) in [4.78, 5) is 21.6. The summed E-state index contributed by atoms with van der Waals surface area (Å²) in [6.07, 6.45) is 8.53. The molecule has 142 valence electrons. The molecule has 3 rings (SSSR count). The van der Waals surface area contributed by atoms with Gasteiger partial charge in [-0.1, -0.05) is 11.6 Å². The van der Waals surface area contributed by atoms with Crippen LogP contribution in [0.15, 0.2) is 18.6 Å². The molecule has 0 spiro atoms. The van der Waals surface area contributed by atoms with E-state index >= 15 is 0 Å². The first-order valence-corrected chi connectivity index (χ1v) is 9.47. The molecule has 8 heteroatoms. The second-order valence-electron chi connectivity index (χ2n) is 7.19. The Bertz CT molecular complexity index is 733. The van der Waals surface area contributed by atoms with Crippen molar-refractivity contribution in [1.29, 1.82) is 0 Å². The van der Waals surface area contributed by atoms with Crippen molar-refractivity contribution in [2.24, 2.45) is 7.05 Å².